The summed E-state index contributed by atoms with van der Waals surface area (Å²) in [7, 11) is 0. The van der Waals surface area contributed by atoms with E-state index < -0.39 is 11.7 Å². The number of hydrogen-bond acceptors (Lipinski definition) is 5. The molecule has 0 saturated carbocycles. The molecule has 1 fully saturated rings. The Hall–Kier alpha value is -3.10. The number of fused-ring (bicyclic) bond motifs is 3. The lowest BCUT2D eigenvalue weighted by molar-refractivity contribution is -0.111. The SMILES string of the molecule is Cl.O=C(Nc1ccc(OCC2CCCN2)c(F)c1)C1=C(O)CCc2c1nc1ccccn21. The second-order valence-electron chi connectivity index (χ2n) is 7.86. The number of ether oxygens (including phenoxy) is 1. The summed E-state index contributed by atoms with van der Waals surface area (Å²) in [6, 6.07) is 10.2. The van der Waals surface area contributed by atoms with Crippen LogP contribution in [0.2, 0.25) is 0 Å². The van der Waals surface area contributed by atoms with E-state index in [1.807, 2.05) is 28.8 Å². The van der Waals surface area contributed by atoms with Crippen LogP contribution in [0.25, 0.3) is 11.2 Å². The van der Waals surface area contributed by atoms with Crippen LogP contribution in [0.3, 0.4) is 0 Å². The fourth-order valence-electron chi connectivity index (χ4n) is 4.20. The maximum absolute atomic E-state index is 14.5. The van der Waals surface area contributed by atoms with E-state index in [-0.39, 0.29) is 41.2 Å². The smallest absolute Gasteiger partial charge is 0.261 e. The zero-order valence-electron chi connectivity index (χ0n) is 17.3. The summed E-state index contributed by atoms with van der Waals surface area (Å²) in [4.78, 5) is 17.5. The van der Waals surface area contributed by atoms with Crippen LogP contribution >= 0.6 is 12.4 Å². The van der Waals surface area contributed by atoms with Gasteiger partial charge in [0.05, 0.1) is 5.69 Å². The summed E-state index contributed by atoms with van der Waals surface area (Å²) in [5.74, 6) is -0.942. The highest BCUT2D eigenvalue weighted by molar-refractivity contribution is 6.26. The number of nitrogens with zero attached hydrogens (tertiary/aromatic N) is 2. The van der Waals surface area contributed by atoms with Gasteiger partial charge in [0.1, 0.15) is 29.3 Å². The van der Waals surface area contributed by atoms with Gasteiger partial charge in [-0.25, -0.2) is 9.37 Å². The molecule has 0 spiro atoms. The third kappa shape index (κ3) is 4.16. The maximum atomic E-state index is 14.5. The van der Waals surface area contributed by atoms with Gasteiger partial charge in [-0.1, -0.05) is 6.07 Å². The number of carbonyl (C=O) groups is 1. The minimum absolute atomic E-state index is 0. The van der Waals surface area contributed by atoms with Crippen molar-refractivity contribution in [2.75, 3.05) is 18.5 Å². The minimum Gasteiger partial charge on any atom is -0.511 e. The van der Waals surface area contributed by atoms with Gasteiger partial charge in [0.2, 0.25) is 0 Å². The molecule has 3 heterocycles. The highest BCUT2D eigenvalue weighted by Crippen LogP contribution is 2.32. The van der Waals surface area contributed by atoms with Crippen molar-refractivity contribution in [2.45, 2.75) is 31.7 Å². The van der Waals surface area contributed by atoms with Gasteiger partial charge in [-0.05, 0) is 50.1 Å². The van der Waals surface area contributed by atoms with Gasteiger partial charge >= 0.3 is 0 Å². The summed E-state index contributed by atoms with van der Waals surface area (Å²) >= 11 is 0. The van der Waals surface area contributed by atoms with Gasteiger partial charge in [0.15, 0.2) is 11.6 Å². The number of aliphatic hydroxyl groups is 1. The fourth-order valence-corrected chi connectivity index (χ4v) is 4.20. The Morgan fingerprint density at radius 3 is 2.97 bits per heavy atom. The average molecular weight is 459 g/mol. The fraction of sp³-hybridized carbons (Fsp3) is 0.304. The van der Waals surface area contributed by atoms with Crippen LogP contribution in [0.1, 0.15) is 30.7 Å². The molecule has 5 rings (SSSR count). The lowest BCUT2D eigenvalue weighted by Gasteiger charge is -2.17. The number of pyridine rings is 1. The zero-order valence-corrected chi connectivity index (χ0v) is 18.1. The predicted octanol–water partition coefficient (Wildman–Crippen LogP) is 3.88. The number of amides is 1. The number of aliphatic hydroxyl groups excluding tert-OH is 1. The number of rotatable bonds is 5. The number of carbonyl (C=O) groups excluding carboxylic acids is 1. The Morgan fingerprint density at radius 2 is 2.19 bits per heavy atom. The molecule has 0 radical (unpaired) electrons. The molecule has 1 saturated heterocycles. The lowest BCUT2D eigenvalue weighted by atomic mass is 9.97. The molecule has 0 bridgehead atoms. The van der Waals surface area contributed by atoms with Crippen LogP contribution in [0, 0.1) is 5.82 Å². The van der Waals surface area contributed by atoms with Gasteiger partial charge in [0, 0.05) is 30.4 Å². The lowest BCUT2D eigenvalue weighted by Crippen LogP contribution is -2.28. The molecule has 1 amide bonds. The summed E-state index contributed by atoms with van der Waals surface area (Å²) in [5, 5.41) is 16.4. The first kappa shape index (κ1) is 22.1. The Morgan fingerprint density at radius 1 is 1.31 bits per heavy atom. The van der Waals surface area contributed by atoms with Gasteiger partial charge < -0.3 is 24.9 Å². The Bertz CT molecular complexity index is 1190. The van der Waals surface area contributed by atoms with Crippen LogP contribution in [-0.2, 0) is 11.2 Å². The zero-order chi connectivity index (χ0) is 21.4. The number of halogens is 2. The van der Waals surface area contributed by atoms with E-state index in [1.54, 1.807) is 6.07 Å². The quantitative estimate of drug-likeness (QED) is 0.540. The second-order valence-corrected chi connectivity index (χ2v) is 7.86. The topological polar surface area (TPSA) is 87.9 Å². The minimum atomic E-state index is -0.550. The summed E-state index contributed by atoms with van der Waals surface area (Å²) in [6.45, 7) is 1.36. The normalized spacial score (nSPS) is 17.7. The monoisotopic (exact) mass is 458 g/mol. The number of hydrogen-bond donors (Lipinski definition) is 3. The van der Waals surface area contributed by atoms with Gasteiger partial charge in [-0.3, -0.25) is 4.79 Å². The summed E-state index contributed by atoms with van der Waals surface area (Å²) in [6.07, 6.45) is 4.92. The Kier molecular flexibility index (Phi) is 6.34. The molecule has 1 aromatic carbocycles. The molecule has 32 heavy (non-hydrogen) atoms. The van der Waals surface area contributed by atoms with Crippen molar-refractivity contribution in [3.8, 4) is 5.75 Å². The second kappa shape index (κ2) is 9.18. The van der Waals surface area contributed by atoms with Crippen molar-refractivity contribution in [2.24, 2.45) is 0 Å². The third-order valence-corrected chi connectivity index (χ3v) is 5.77. The van der Waals surface area contributed by atoms with Gasteiger partial charge in [-0.15, -0.1) is 12.4 Å². The molecule has 7 nitrogen and oxygen atoms in total. The van der Waals surface area contributed by atoms with E-state index in [2.05, 4.69) is 15.6 Å². The van der Waals surface area contributed by atoms with Crippen LogP contribution in [0.4, 0.5) is 10.1 Å². The first-order valence-electron chi connectivity index (χ1n) is 10.5. The predicted molar refractivity (Wildman–Crippen MR) is 122 cm³/mol. The van der Waals surface area contributed by atoms with E-state index in [1.165, 1.54) is 12.1 Å². The molecular weight excluding hydrogens is 435 g/mol. The van der Waals surface area contributed by atoms with E-state index in [0.717, 1.165) is 25.1 Å². The Balaban J connectivity index is 0.00000245. The summed E-state index contributed by atoms with van der Waals surface area (Å²) in [5.41, 5.74) is 2.44. The number of aromatic nitrogens is 2. The van der Waals surface area contributed by atoms with E-state index in [0.29, 0.717) is 30.8 Å². The van der Waals surface area contributed by atoms with Crippen molar-refractivity contribution in [1.82, 2.24) is 14.7 Å². The number of anilines is 1. The van der Waals surface area contributed by atoms with Crippen molar-refractivity contribution in [3.63, 3.8) is 0 Å². The van der Waals surface area contributed by atoms with Gasteiger partial charge in [0.25, 0.3) is 5.91 Å². The van der Waals surface area contributed by atoms with Crippen molar-refractivity contribution in [3.05, 3.63) is 65.6 Å². The van der Waals surface area contributed by atoms with Crippen molar-refractivity contribution < 1.29 is 19.0 Å². The average Bonchev–Trinajstić information content (AvgIpc) is 3.40. The number of allylic oxidation sites excluding steroid dienone is 1. The molecule has 2 aliphatic rings. The highest BCUT2D eigenvalue weighted by atomic mass is 35.5. The highest BCUT2D eigenvalue weighted by Gasteiger charge is 2.29. The van der Waals surface area contributed by atoms with E-state index in [4.69, 9.17) is 4.74 Å². The molecule has 3 aromatic rings. The van der Waals surface area contributed by atoms with Gasteiger partial charge in [-0.2, -0.15) is 0 Å². The van der Waals surface area contributed by atoms with E-state index >= 15 is 0 Å². The molecule has 9 heteroatoms. The molecule has 1 aliphatic carbocycles. The largest absolute Gasteiger partial charge is 0.511 e. The molecule has 168 valence electrons. The standard InChI is InChI=1S/C23H23FN4O3.ClH/c24-16-12-14(6-9-19(16)31-13-15-4-3-10-25-15)26-23(30)21-18(29)8-7-17-22(21)27-20-5-1-2-11-28(17)20;/h1-2,5-6,9,11-12,15,25,29H,3-4,7-8,10,13H2,(H,26,30);1H. The van der Waals surface area contributed by atoms with Crippen LogP contribution in [-0.4, -0.2) is 39.6 Å². The van der Waals surface area contributed by atoms with Crippen molar-refractivity contribution in [1.29, 1.82) is 0 Å². The van der Waals surface area contributed by atoms with Crippen LogP contribution in [0.5, 0.6) is 5.75 Å². The first-order valence-corrected chi connectivity index (χ1v) is 10.5. The molecule has 1 atom stereocenters. The van der Waals surface area contributed by atoms with E-state index in [9.17, 15) is 14.3 Å². The number of imidazole rings is 1. The Labute approximate surface area is 190 Å². The summed E-state index contributed by atoms with van der Waals surface area (Å²) < 4.78 is 22.0. The molecule has 3 N–H and O–H groups in total. The van der Waals surface area contributed by atoms with Crippen molar-refractivity contribution >= 4 is 35.2 Å². The first-order chi connectivity index (χ1) is 15.1. The molecule has 1 unspecified atom stereocenters. The van der Waals surface area contributed by atoms with Crippen LogP contribution < -0.4 is 15.4 Å². The third-order valence-electron chi connectivity index (χ3n) is 5.77. The maximum Gasteiger partial charge on any atom is 0.261 e. The van der Waals surface area contributed by atoms with Crippen LogP contribution in [0.15, 0.2) is 48.4 Å². The molecule has 1 aliphatic heterocycles. The molecular formula is C23H24ClFN4O3. The number of benzene rings is 1. The number of nitrogens with one attached hydrogen (secondary N) is 2. The number of aryl methyl sites for hydroxylation is 1. The molecule has 2 aromatic heterocycles.